The Morgan fingerprint density at radius 2 is 1.46 bits per heavy atom. The van der Waals surface area contributed by atoms with Crippen molar-refractivity contribution >= 4 is 15.9 Å². The number of methoxy groups -OCH3 is 4. The summed E-state index contributed by atoms with van der Waals surface area (Å²) in [5, 5.41) is 1.17. The lowest BCUT2D eigenvalue weighted by molar-refractivity contribution is 0.324. The van der Waals surface area contributed by atoms with Crippen molar-refractivity contribution in [2.24, 2.45) is 0 Å². The van der Waals surface area contributed by atoms with Crippen LogP contribution in [0.2, 0.25) is 0 Å². The lowest BCUT2D eigenvalue weighted by Gasteiger charge is -2.14. The Kier molecular flexibility index (Phi) is 6.52. The fourth-order valence-corrected chi connectivity index (χ4v) is 3.54. The molecule has 0 spiro atoms. The van der Waals surface area contributed by atoms with Crippen LogP contribution in [0.3, 0.4) is 0 Å². The molecule has 0 aliphatic carbocycles. The number of hydrogen-bond donors (Lipinski definition) is 0. The molecule has 0 aliphatic rings. The second kappa shape index (κ2) is 8.62. The molecule has 0 saturated heterocycles. The molecule has 0 bridgehead atoms. The SMILES string of the molecule is COc1ccc(CS(=O)(=O)C=Cc2ccc(OC)c(OC)c2OC)cc1. The van der Waals surface area contributed by atoms with Gasteiger partial charge in [0.05, 0.1) is 34.2 Å². The molecule has 2 rings (SSSR count). The predicted octanol–water partition coefficient (Wildman–Crippen LogP) is 3.31. The highest BCUT2D eigenvalue weighted by molar-refractivity contribution is 7.93. The minimum absolute atomic E-state index is 0.108. The standard InChI is InChI=1S/C19H22O6S/c1-22-16-8-5-14(6-9-16)13-26(20,21)12-11-15-7-10-17(23-2)19(25-4)18(15)24-3/h5-12H,13H2,1-4H3. The van der Waals surface area contributed by atoms with E-state index in [1.165, 1.54) is 32.8 Å². The summed E-state index contributed by atoms with van der Waals surface area (Å²) in [4.78, 5) is 0. The topological polar surface area (TPSA) is 71.1 Å². The van der Waals surface area contributed by atoms with Crippen LogP contribution in [-0.4, -0.2) is 36.9 Å². The molecule has 0 aliphatic heterocycles. The van der Waals surface area contributed by atoms with E-state index < -0.39 is 9.84 Å². The van der Waals surface area contributed by atoms with E-state index in [-0.39, 0.29) is 5.75 Å². The smallest absolute Gasteiger partial charge is 0.203 e. The van der Waals surface area contributed by atoms with Gasteiger partial charge in [-0.15, -0.1) is 0 Å². The summed E-state index contributed by atoms with van der Waals surface area (Å²) in [5.74, 6) is 1.88. The van der Waals surface area contributed by atoms with Crippen LogP contribution in [0.25, 0.3) is 6.08 Å². The van der Waals surface area contributed by atoms with Gasteiger partial charge in [0.2, 0.25) is 5.75 Å². The minimum Gasteiger partial charge on any atom is -0.497 e. The van der Waals surface area contributed by atoms with E-state index >= 15 is 0 Å². The predicted molar refractivity (Wildman–Crippen MR) is 101 cm³/mol. The first-order chi connectivity index (χ1) is 12.4. The van der Waals surface area contributed by atoms with Crippen LogP contribution in [0.15, 0.2) is 41.8 Å². The highest BCUT2D eigenvalue weighted by atomic mass is 32.2. The number of hydrogen-bond acceptors (Lipinski definition) is 6. The molecule has 0 atom stereocenters. The van der Waals surface area contributed by atoms with Gasteiger partial charge in [0, 0.05) is 11.0 Å². The van der Waals surface area contributed by atoms with Gasteiger partial charge >= 0.3 is 0 Å². The maximum atomic E-state index is 12.4. The van der Waals surface area contributed by atoms with Crippen molar-refractivity contribution in [2.45, 2.75) is 5.75 Å². The van der Waals surface area contributed by atoms with E-state index in [9.17, 15) is 8.42 Å². The molecule has 0 amide bonds. The Morgan fingerprint density at radius 1 is 0.808 bits per heavy atom. The second-order valence-corrected chi connectivity index (χ2v) is 7.27. The summed E-state index contributed by atoms with van der Waals surface area (Å²) in [6, 6.07) is 10.3. The third kappa shape index (κ3) is 4.70. The average Bonchev–Trinajstić information content (AvgIpc) is 2.65. The van der Waals surface area contributed by atoms with E-state index in [0.717, 1.165) is 0 Å². The van der Waals surface area contributed by atoms with Crippen molar-refractivity contribution in [1.29, 1.82) is 0 Å². The Hall–Kier alpha value is -2.67. The third-order valence-electron chi connectivity index (χ3n) is 3.72. The molecule has 0 saturated carbocycles. The normalized spacial score (nSPS) is 11.4. The Morgan fingerprint density at radius 3 is 2.00 bits per heavy atom. The number of benzene rings is 2. The van der Waals surface area contributed by atoms with Crippen LogP contribution in [-0.2, 0) is 15.6 Å². The lowest BCUT2D eigenvalue weighted by atomic mass is 10.1. The summed E-state index contributed by atoms with van der Waals surface area (Å²) < 4.78 is 45.7. The van der Waals surface area contributed by atoms with Crippen molar-refractivity contribution in [3.05, 3.63) is 52.9 Å². The summed E-state index contributed by atoms with van der Waals surface area (Å²) >= 11 is 0. The monoisotopic (exact) mass is 378 g/mol. The van der Waals surface area contributed by atoms with E-state index in [0.29, 0.717) is 34.1 Å². The molecule has 0 heterocycles. The molecule has 0 N–H and O–H groups in total. The molecular weight excluding hydrogens is 356 g/mol. The van der Waals surface area contributed by atoms with E-state index in [2.05, 4.69) is 0 Å². The molecule has 2 aromatic rings. The van der Waals surface area contributed by atoms with Gasteiger partial charge in [-0.1, -0.05) is 12.1 Å². The van der Waals surface area contributed by atoms with Crippen LogP contribution < -0.4 is 18.9 Å². The minimum atomic E-state index is -3.46. The molecule has 0 radical (unpaired) electrons. The Bertz CT molecular complexity index is 870. The lowest BCUT2D eigenvalue weighted by Crippen LogP contribution is -2.00. The summed E-state index contributed by atoms with van der Waals surface area (Å²) in [6.07, 6.45) is 1.49. The molecule has 0 unspecified atom stereocenters. The maximum Gasteiger partial charge on any atom is 0.203 e. The number of rotatable bonds is 8. The second-order valence-electron chi connectivity index (χ2n) is 5.38. The summed E-state index contributed by atoms with van der Waals surface area (Å²) in [6.45, 7) is 0. The first kappa shape index (κ1) is 19.7. The average molecular weight is 378 g/mol. The van der Waals surface area contributed by atoms with Gasteiger partial charge in [-0.05, 0) is 35.9 Å². The van der Waals surface area contributed by atoms with Gasteiger partial charge in [-0.25, -0.2) is 8.42 Å². The van der Waals surface area contributed by atoms with Crippen molar-refractivity contribution in [3.8, 4) is 23.0 Å². The van der Waals surface area contributed by atoms with Crippen molar-refractivity contribution < 1.29 is 27.4 Å². The van der Waals surface area contributed by atoms with Crippen LogP contribution in [0.5, 0.6) is 23.0 Å². The molecule has 6 nitrogen and oxygen atoms in total. The zero-order chi connectivity index (χ0) is 19.2. The molecule has 0 fully saturated rings. The van der Waals surface area contributed by atoms with Crippen LogP contribution in [0, 0.1) is 0 Å². The Labute approximate surface area is 153 Å². The van der Waals surface area contributed by atoms with E-state index in [1.807, 2.05) is 0 Å². The van der Waals surface area contributed by atoms with Crippen molar-refractivity contribution in [3.63, 3.8) is 0 Å². The molecule has 7 heteroatoms. The zero-order valence-corrected chi connectivity index (χ0v) is 16.0. The molecule has 2 aromatic carbocycles. The highest BCUT2D eigenvalue weighted by Gasteiger charge is 2.15. The number of ether oxygens (including phenoxy) is 4. The maximum absolute atomic E-state index is 12.4. The molecular formula is C19H22O6S. The van der Waals surface area contributed by atoms with Gasteiger partial charge in [0.1, 0.15) is 5.75 Å². The summed E-state index contributed by atoms with van der Waals surface area (Å²) in [5.41, 5.74) is 1.25. The van der Waals surface area contributed by atoms with Gasteiger partial charge < -0.3 is 18.9 Å². The van der Waals surface area contributed by atoms with Gasteiger partial charge in [-0.3, -0.25) is 0 Å². The van der Waals surface area contributed by atoms with Gasteiger partial charge in [0.25, 0.3) is 0 Å². The van der Waals surface area contributed by atoms with Gasteiger partial charge in [-0.2, -0.15) is 0 Å². The first-order valence-electron chi connectivity index (χ1n) is 7.76. The van der Waals surface area contributed by atoms with E-state index in [4.69, 9.17) is 18.9 Å². The fourth-order valence-electron chi connectivity index (χ4n) is 2.43. The quantitative estimate of drug-likeness (QED) is 0.702. The third-order valence-corrected chi connectivity index (χ3v) is 5.00. The van der Waals surface area contributed by atoms with Crippen molar-refractivity contribution in [1.82, 2.24) is 0 Å². The Balaban J connectivity index is 2.26. The van der Waals surface area contributed by atoms with Gasteiger partial charge in [0.15, 0.2) is 21.3 Å². The largest absolute Gasteiger partial charge is 0.497 e. The summed E-state index contributed by atoms with van der Waals surface area (Å²) in [7, 11) is 2.60. The molecule has 140 valence electrons. The highest BCUT2D eigenvalue weighted by Crippen LogP contribution is 2.40. The zero-order valence-electron chi connectivity index (χ0n) is 15.2. The van der Waals surface area contributed by atoms with Crippen LogP contribution in [0.1, 0.15) is 11.1 Å². The molecule has 0 aromatic heterocycles. The van der Waals surface area contributed by atoms with E-state index in [1.54, 1.807) is 43.5 Å². The first-order valence-corrected chi connectivity index (χ1v) is 9.48. The van der Waals surface area contributed by atoms with Crippen LogP contribution in [0.4, 0.5) is 0 Å². The van der Waals surface area contributed by atoms with Crippen LogP contribution >= 0.6 is 0 Å². The number of sulfone groups is 1. The van der Waals surface area contributed by atoms with Crippen molar-refractivity contribution in [2.75, 3.05) is 28.4 Å². The molecule has 26 heavy (non-hydrogen) atoms. The fraction of sp³-hybridized carbons (Fsp3) is 0.263.